The summed E-state index contributed by atoms with van der Waals surface area (Å²) >= 11 is 0. The molecule has 158 valence electrons. The van der Waals surface area contributed by atoms with Gasteiger partial charge in [0.05, 0.1) is 0 Å². The summed E-state index contributed by atoms with van der Waals surface area (Å²) in [5.41, 5.74) is 3.64. The van der Waals surface area contributed by atoms with E-state index in [4.69, 9.17) is 0 Å². The number of benzene rings is 1. The molecule has 0 radical (unpaired) electrons. The third-order valence-electron chi connectivity index (χ3n) is 6.77. The third kappa shape index (κ3) is 4.74. The zero-order valence-corrected chi connectivity index (χ0v) is 19.1. The first kappa shape index (κ1) is 21.6. The molecule has 3 nitrogen and oxygen atoms in total. The van der Waals surface area contributed by atoms with Gasteiger partial charge in [-0.2, -0.15) is 0 Å². The second kappa shape index (κ2) is 8.36. The van der Waals surface area contributed by atoms with Crippen LogP contribution >= 0.6 is 0 Å². The normalized spacial score (nSPS) is 21.6. The molecule has 1 heterocycles. The van der Waals surface area contributed by atoms with Crippen molar-refractivity contribution >= 4 is 0 Å². The Balaban J connectivity index is 2.14. The summed E-state index contributed by atoms with van der Waals surface area (Å²) in [5, 5.41) is 15.0. The molecule has 0 amide bonds. The van der Waals surface area contributed by atoms with Crippen molar-refractivity contribution in [1.82, 2.24) is 10.2 Å². The molecule has 1 atom stereocenters. The fraction of sp³-hybridized carbons (Fsp3) is 0.760. The molecule has 1 aliphatic heterocycles. The lowest BCUT2D eigenvalue weighted by Gasteiger charge is -2.42. The van der Waals surface area contributed by atoms with Crippen LogP contribution in [0.3, 0.4) is 0 Å². The van der Waals surface area contributed by atoms with Crippen molar-refractivity contribution in [2.45, 2.75) is 90.5 Å². The van der Waals surface area contributed by atoms with Crippen molar-refractivity contribution in [1.29, 1.82) is 0 Å². The molecule has 0 spiro atoms. The van der Waals surface area contributed by atoms with Crippen molar-refractivity contribution in [3.05, 3.63) is 28.8 Å². The van der Waals surface area contributed by atoms with Gasteiger partial charge >= 0.3 is 0 Å². The van der Waals surface area contributed by atoms with Crippen LogP contribution in [0.2, 0.25) is 0 Å². The summed E-state index contributed by atoms with van der Waals surface area (Å²) < 4.78 is 0. The molecular formula is C25H42N2O. The van der Waals surface area contributed by atoms with E-state index in [1.165, 1.54) is 43.2 Å². The average molecular weight is 387 g/mol. The second-order valence-corrected chi connectivity index (χ2v) is 11.1. The number of nitrogens with one attached hydrogen (secondary N) is 1. The Labute approximate surface area is 172 Å². The van der Waals surface area contributed by atoms with E-state index in [1.807, 2.05) is 0 Å². The number of rotatable bonds is 3. The Morgan fingerprint density at radius 1 is 0.929 bits per heavy atom. The highest BCUT2D eigenvalue weighted by atomic mass is 16.3. The molecule has 3 heteroatoms. The Hall–Kier alpha value is -1.06. The summed E-state index contributed by atoms with van der Waals surface area (Å²) in [5.74, 6) is 1.20. The second-order valence-electron chi connectivity index (χ2n) is 11.1. The van der Waals surface area contributed by atoms with Crippen molar-refractivity contribution in [2.24, 2.45) is 5.92 Å². The van der Waals surface area contributed by atoms with Crippen molar-refractivity contribution in [3.8, 4) is 5.75 Å². The minimum absolute atomic E-state index is 0.0688. The standard InChI is InChI=1S/C25H42N2O/c1-24(2,3)19-16-20(23(28)21(17-19)25(4,5)6)22(18-10-8-7-9-11-18)27-14-12-26-13-15-27/h16-18,22,26,28H,7-15H2,1-6H3/t22-/m0/s1. The van der Waals surface area contributed by atoms with Crippen LogP contribution in [0.15, 0.2) is 12.1 Å². The predicted molar refractivity (Wildman–Crippen MR) is 119 cm³/mol. The number of hydrogen-bond donors (Lipinski definition) is 2. The van der Waals surface area contributed by atoms with Crippen LogP contribution in [0.1, 0.15) is 96.4 Å². The van der Waals surface area contributed by atoms with E-state index in [9.17, 15) is 5.11 Å². The van der Waals surface area contributed by atoms with Crippen LogP contribution in [0.25, 0.3) is 0 Å². The van der Waals surface area contributed by atoms with Gasteiger partial charge in [-0.25, -0.2) is 0 Å². The maximum absolute atomic E-state index is 11.5. The van der Waals surface area contributed by atoms with E-state index in [-0.39, 0.29) is 10.8 Å². The van der Waals surface area contributed by atoms with Gasteiger partial charge in [0.1, 0.15) is 5.75 Å². The maximum atomic E-state index is 11.5. The maximum Gasteiger partial charge on any atom is 0.124 e. The fourth-order valence-electron chi connectivity index (χ4n) is 5.05. The van der Waals surface area contributed by atoms with Crippen LogP contribution in [0, 0.1) is 5.92 Å². The molecule has 1 saturated carbocycles. The van der Waals surface area contributed by atoms with Gasteiger partial charge in [-0.05, 0) is 46.8 Å². The first-order chi connectivity index (χ1) is 13.1. The molecule has 1 aliphatic carbocycles. The smallest absolute Gasteiger partial charge is 0.124 e. The van der Waals surface area contributed by atoms with Crippen LogP contribution in [0.5, 0.6) is 5.75 Å². The minimum Gasteiger partial charge on any atom is -0.507 e. The van der Waals surface area contributed by atoms with E-state index in [0.29, 0.717) is 17.7 Å². The van der Waals surface area contributed by atoms with Crippen LogP contribution < -0.4 is 5.32 Å². The van der Waals surface area contributed by atoms with Gasteiger partial charge < -0.3 is 10.4 Å². The molecule has 1 aromatic carbocycles. The Kier molecular flexibility index (Phi) is 6.46. The predicted octanol–water partition coefficient (Wildman–Crippen LogP) is 5.51. The molecule has 28 heavy (non-hydrogen) atoms. The molecule has 3 rings (SSSR count). The van der Waals surface area contributed by atoms with Gasteiger partial charge in [-0.1, -0.05) is 66.9 Å². The summed E-state index contributed by atoms with van der Waals surface area (Å²) in [7, 11) is 0. The topological polar surface area (TPSA) is 35.5 Å². The zero-order valence-electron chi connectivity index (χ0n) is 19.1. The fourth-order valence-corrected chi connectivity index (χ4v) is 5.05. The highest BCUT2D eigenvalue weighted by molar-refractivity contribution is 5.50. The third-order valence-corrected chi connectivity index (χ3v) is 6.77. The zero-order chi connectivity index (χ0) is 20.5. The number of phenols is 1. The van der Waals surface area contributed by atoms with Crippen molar-refractivity contribution in [3.63, 3.8) is 0 Å². The molecule has 0 bridgehead atoms. The molecule has 1 aromatic rings. The summed E-state index contributed by atoms with van der Waals surface area (Å²) in [6.07, 6.45) is 6.61. The quantitative estimate of drug-likeness (QED) is 0.718. The lowest BCUT2D eigenvalue weighted by atomic mass is 9.74. The number of nitrogens with zero attached hydrogens (tertiary/aromatic N) is 1. The highest BCUT2D eigenvalue weighted by Crippen LogP contribution is 2.46. The van der Waals surface area contributed by atoms with E-state index in [1.54, 1.807) is 0 Å². The summed E-state index contributed by atoms with van der Waals surface area (Å²) in [6, 6.07) is 4.94. The van der Waals surface area contributed by atoms with E-state index in [2.05, 4.69) is 63.9 Å². The molecule has 0 unspecified atom stereocenters. The van der Waals surface area contributed by atoms with Crippen molar-refractivity contribution in [2.75, 3.05) is 26.2 Å². The minimum atomic E-state index is -0.0688. The Bertz CT molecular complexity index is 638. The Morgan fingerprint density at radius 2 is 1.54 bits per heavy atom. The first-order valence-electron chi connectivity index (χ1n) is 11.4. The lowest BCUT2D eigenvalue weighted by Crippen LogP contribution is -2.47. The molecule has 0 aromatic heterocycles. The van der Waals surface area contributed by atoms with E-state index >= 15 is 0 Å². The molecular weight excluding hydrogens is 344 g/mol. The van der Waals surface area contributed by atoms with Gasteiger partial charge in [-0.15, -0.1) is 0 Å². The highest BCUT2D eigenvalue weighted by Gasteiger charge is 2.35. The van der Waals surface area contributed by atoms with Gasteiger partial charge in [0.15, 0.2) is 0 Å². The SMILES string of the molecule is CC(C)(C)c1cc([C@H](C2CCCCC2)N2CCNCC2)c(O)c(C(C)(C)C)c1. The lowest BCUT2D eigenvalue weighted by molar-refractivity contribution is 0.101. The van der Waals surface area contributed by atoms with Crippen LogP contribution in [-0.4, -0.2) is 36.2 Å². The van der Waals surface area contributed by atoms with Crippen LogP contribution in [-0.2, 0) is 10.8 Å². The summed E-state index contributed by atoms with van der Waals surface area (Å²) in [4.78, 5) is 2.65. The van der Waals surface area contributed by atoms with Gasteiger partial charge in [-0.3, -0.25) is 4.90 Å². The molecule has 2 aliphatic rings. The number of piperazine rings is 1. The van der Waals surface area contributed by atoms with E-state index < -0.39 is 0 Å². The summed E-state index contributed by atoms with van der Waals surface area (Å²) in [6.45, 7) is 17.8. The number of phenolic OH excluding ortho intramolecular Hbond substituents is 1. The molecule has 2 fully saturated rings. The monoisotopic (exact) mass is 386 g/mol. The molecule has 2 N–H and O–H groups in total. The Morgan fingerprint density at radius 3 is 2.07 bits per heavy atom. The van der Waals surface area contributed by atoms with Gasteiger partial charge in [0.2, 0.25) is 0 Å². The average Bonchev–Trinajstić information content (AvgIpc) is 2.63. The van der Waals surface area contributed by atoms with Gasteiger partial charge in [0.25, 0.3) is 0 Å². The largest absolute Gasteiger partial charge is 0.507 e. The van der Waals surface area contributed by atoms with Crippen LogP contribution in [0.4, 0.5) is 0 Å². The number of hydrogen-bond acceptors (Lipinski definition) is 3. The molecule has 1 saturated heterocycles. The van der Waals surface area contributed by atoms with Gasteiger partial charge in [0, 0.05) is 37.8 Å². The first-order valence-corrected chi connectivity index (χ1v) is 11.4. The number of aromatic hydroxyl groups is 1. The van der Waals surface area contributed by atoms with Crippen molar-refractivity contribution < 1.29 is 5.11 Å². The van der Waals surface area contributed by atoms with E-state index in [0.717, 1.165) is 31.7 Å².